The number of sulfonamides is 1. The van der Waals surface area contributed by atoms with Gasteiger partial charge in [0.25, 0.3) is 0 Å². The predicted octanol–water partition coefficient (Wildman–Crippen LogP) is 2.63. The minimum Gasteiger partial charge on any atom is -0.326 e. The van der Waals surface area contributed by atoms with Crippen molar-refractivity contribution in [3.8, 4) is 0 Å². The fourth-order valence-corrected chi connectivity index (χ4v) is 4.95. The molecule has 1 aliphatic carbocycles. The molecule has 0 radical (unpaired) electrons. The molecule has 0 aromatic heterocycles. The van der Waals surface area contributed by atoms with Crippen LogP contribution in [0.5, 0.6) is 0 Å². The van der Waals surface area contributed by atoms with Crippen LogP contribution < -0.4 is 5.73 Å². The van der Waals surface area contributed by atoms with Crippen LogP contribution in [-0.2, 0) is 22.3 Å². The van der Waals surface area contributed by atoms with Crippen LogP contribution in [0.4, 0.5) is 0 Å². The molecule has 1 saturated carbocycles. The molecular formula is C16H26N2O2S. The van der Waals surface area contributed by atoms with Crippen LogP contribution in [0.25, 0.3) is 0 Å². The van der Waals surface area contributed by atoms with Crippen molar-refractivity contribution in [2.24, 2.45) is 5.73 Å². The third kappa shape index (κ3) is 4.28. The molecule has 1 aromatic rings. The van der Waals surface area contributed by atoms with Crippen molar-refractivity contribution >= 4 is 10.0 Å². The van der Waals surface area contributed by atoms with Gasteiger partial charge in [-0.25, -0.2) is 8.42 Å². The Labute approximate surface area is 128 Å². The van der Waals surface area contributed by atoms with Gasteiger partial charge in [-0.1, -0.05) is 50.5 Å². The third-order valence-electron chi connectivity index (χ3n) is 4.26. The van der Waals surface area contributed by atoms with E-state index in [1.807, 2.05) is 31.2 Å². The first kappa shape index (κ1) is 16.5. The van der Waals surface area contributed by atoms with Crippen molar-refractivity contribution in [2.75, 3.05) is 6.54 Å². The van der Waals surface area contributed by atoms with Gasteiger partial charge < -0.3 is 5.73 Å². The Hall–Kier alpha value is -0.910. The summed E-state index contributed by atoms with van der Waals surface area (Å²) in [5, 5.41) is 0. The summed E-state index contributed by atoms with van der Waals surface area (Å²) in [6, 6.07) is 7.74. The first-order chi connectivity index (χ1) is 10.1. The number of benzene rings is 1. The molecular weight excluding hydrogens is 284 g/mol. The lowest BCUT2D eigenvalue weighted by molar-refractivity contribution is 0.261. The fraction of sp³-hybridized carbons (Fsp3) is 0.625. The molecule has 2 N–H and O–H groups in total. The van der Waals surface area contributed by atoms with E-state index >= 15 is 0 Å². The molecule has 0 heterocycles. The van der Waals surface area contributed by atoms with E-state index in [4.69, 9.17) is 5.73 Å². The summed E-state index contributed by atoms with van der Waals surface area (Å²) in [6.45, 7) is 2.98. The van der Waals surface area contributed by atoms with Gasteiger partial charge in [-0.2, -0.15) is 4.31 Å². The second kappa shape index (κ2) is 7.38. The first-order valence-electron chi connectivity index (χ1n) is 7.84. The molecule has 5 heteroatoms. The van der Waals surface area contributed by atoms with E-state index in [1.54, 1.807) is 4.31 Å². The van der Waals surface area contributed by atoms with Gasteiger partial charge in [0, 0.05) is 19.1 Å². The Bertz CT molecular complexity index is 534. The minimum atomic E-state index is -3.24. The molecule has 118 valence electrons. The molecule has 0 amide bonds. The van der Waals surface area contributed by atoms with Crippen LogP contribution in [-0.4, -0.2) is 25.3 Å². The van der Waals surface area contributed by atoms with E-state index in [0.29, 0.717) is 13.1 Å². The number of hydrogen-bond donors (Lipinski definition) is 1. The van der Waals surface area contributed by atoms with Gasteiger partial charge in [0.1, 0.15) is 0 Å². The summed E-state index contributed by atoms with van der Waals surface area (Å²) in [4.78, 5) is 0. The van der Waals surface area contributed by atoms with Gasteiger partial charge in [-0.15, -0.1) is 0 Å². The second-order valence-electron chi connectivity index (χ2n) is 5.77. The average molecular weight is 310 g/mol. The molecule has 1 aliphatic rings. The molecule has 0 bridgehead atoms. The maximum absolute atomic E-state index is 12.7. The maximum atomic E-state index is 12.7. The number of nitrogens with zero attached hydrogens (tertiary/aromatic N) is 1. The molecule has 0 spiro atoms. The molecule has 21 heavy (non-hydrogen) atoms. The van der Waals surface area contributed by atoms with Crippen molar-refractivity contribution in [3.63, 3.8) is 0 Å². The lowest BCUT2D eigenvalue weighted by atomic mass is 9.95. The van der Waals surface area contributed by atoms with Crippen LogP contribution in [0.1, 0.15) is 50.2 Å². The van der Waals surface area contributed by atoms with Gasteiger partial charge in [-0.3, -0.25) is 0 Å². The van der Waals surface area contributed by atoms with Gasteiger partial charge in [0.05, 0.1) is 5.75 Å². The highest BCUT2D eigenvalue weighted by Crippen LogP contribution is 2.26. The summed E-state index contributed by atoms with van der Waals surface area (Å²) in [5.74, 6) is 0.0855. The van der Waals surface area contributed by atoms with Crippen molar-refractivity contribution in [3.05, 3.63) is 35.4 Å². The zero-order chi connectivity index (χ0) is 15.3. The molecule has 2 rings (SSSR count). The number of hydrogen-bond acceptors (Lipinski definition) is 3. The number of nitrogens with two attached hydrogens (primary N) is 1. The Balaban J connectivity index is 2.10. The summed E-state index contributed by atoms with van der Waals surface area (Å²) >= 11 is 0. The Morgan fingerprint density at radius 2 is 1.67 bits per heavy atom. The fourth-order valence-electron chi connectivity index (χ4n) is 3.12. The topological polar surface area (TPSA) is 63.4 Å². The smallest absolute Gasteiger partial charge is 0.218 e. The molecule has 0 atom stereocenters. The Kier molecular flexibility index (Phi) is 5.79. The Morgan fingerprint density at radius 1 is 1.10 bits per heavy atom. The molecule has 1 aromatic carbocycles. The maximum Gasteiger partial charge on any atom is 0.218 e. The molecule has 4 nitrogen and oxygen atoms in total. The number of rotatable bonds is 6. The van der Waals surface area contributed by atoms with Crippen LogP contribution in [0.3, 0.4) is 0 Å². The van der Waals surface area contributed by atoms with Gasteiger partial charge >= 0.3 is 0 Å². The first-order valence-corrected chi connectivity index (χ1v) is 9.45. The summed E-state index contributed by atoms with van der Waals surface area (Å²) in [7, 11) is -3.24. The molecule has 1 fully saturated rings. The molecule has 0 saturated heterocycles. The van der Waals surface area contributed by atoms with Crippen molar-refractivity contribution in [1.29, 1.82) is 0 Å². The van der Waals surface area contributed by atoms with E-state index in [-0.39, 0.29) is 11.8 Å². The normalized spacial score (nSPS) is 17.3. The van der Waals surface area contributed by atoms with Crippen molar-refractivity contribution in [1.82, 2.24) is 4.31 Å². The van der Waals surface area contributed by atoms with Crippen LogP contribution in [0.15, 0.2) is 24.3 Å². The quantitative estimate of drug-likeness (QED) is 0.878. The largest absolute Gasteiger partial charge is 0.326 e. The Morgan fingerprint density at radius 3 is 2.19 bits per heavy atom. The summed E-state index contributed by atoms with van der Waals surface area (Å²) in [5.41, 5.74) is 7.43. The zero-order valence-electron chi connectivity index (χ0n) is 12.8. The minimum absolute atomic E-state index is 0.0855. The van der Waals surface area contributed by atoms with E-state index in [9.17, 15) is 8.42 Å². The van der Waals surface area contributed by atoms with Crippen LogP contribution >= 0.6 is 0 Å². The highest BCUT2D eigenvalue weighted by atomic mass is 32.2. The summed E-state index contributed by atoms with van der Waals surface area (Å²) < 4.78 is 27.1. The van der Waals surface area contributed by atoms with Gasteiger partial charge in [0.15, 0.2) is 0 Å². The van der Waals surface area contributed by atoms with Crippen LogP contribution in [0.2, 0.25) is 0 Å². The molecule has 0 aliphatic heterocycles. The van der Waals surface area contributed by atoms with Crippen molar-refractivity contribution < 1.29 is 8.42 Å². The van der Waals surface area contributed by atoms with Gasteiger partial charge in [0.2, 0.25) is 10.0 Å². The zero-order valence-corrected chi connectivity index (χ0v) is 13.6. The third-order valence-corrected chi connectivity index (χ3v) is 6.23. The van der Waals surface area contributed by atoms with E-state index in [1.165, 1.54) is 6.42 Å². The highest BCUT2D eigenvalue weighted by molar-refractivity contribution is 7.88. The highest BCUT2D eigenvalue weighted by Gasteiger charge is 2.29. The van der Waals surface area contributed by atoms with E-state index in [2.05, 4.69) is 0 Å². The van der Waals surface area contributed by atoms with Gasteiger partial charge in [-0.05, 0) is 24.0 Å². The standard InChI is InChI=1S/C16H26N2O2S/c1-2-18(16-6-4-3-5-7-16)21(19,20)13-15-10-8-14(12-17)9-11-15/h8-11,16H,2-7,12-13,17H2,1H3. The van der Waals surface area contributed by atoms with E-state index < -0.39 is 10.0 Å². The van der Waals surface area contributed by atoms with E-state index in [0.717, 1.165) is 36.8 Å². The lowest BCUT2D eigenvalue weighted by Crippen LogP contribution is -2.41. The SMILES string of the molecule is CCN(C1CCCCC1)S(=O)(=O)Cc1ccc(CN)cc1. The average Bonchev–Trinajstić information content (AvgIpc) is 2.49. The lowest BCUT2D eigenvalue weighted by Gasteiger charge is -2.32. The predicted molar refractivity (Wildman–Crippen MR) is 86.2 cm³/mol. The summed E-state index contributed by atoms with van der Waals surface area (Å²) in [6.07, 6.45) is 5.51. The second-order valence-corrected chi connectivity index (χ2v) is 7.69. The van der Waals surface area contributed by atoms with Crippen molar-refractivity contribution in [2.45, 2.75) is 57.4 Å². The van der Waals surface area contributed by atoms with Crippen LogP contribution in [0, 0.1) is 0 Å². The monoisotopic (exact) mass is 310 g/mol. The molecule has 0 unspecified atom stereocenters.